The van der Waals surface area contributed by atoms with Crippen LogP contribution in [0.3, 0.4) is 0 Å². The Bertz CT molecular complexity index is 776. The predicted molar refractivity (Wildman–Crippen MR) is 127 cm³/mol. The van der Waals surface area contributed by atoms with Gasteiger partial charge in [-0.3, -0.25) is 14.6 Å². The van der Waals surface area contributed by atoms with Gasteiger partial charge in [-0.25, -0.2) is 4.79 Å². The summed E-state index contributed by atoms with van der Waals surface area (Å²) in [5.41, 5.74) is 1.47. The summed E-state index contributed by atoms with van der Waals surface area (Å²) in [6.07, 6.45) is 2.56. The zero-order valence-electron chi connectivity index (χ0n) is 20.4. The first kappa shape index (κ1) is 24.6. The minimum atomic E-state index is -1.05. The van der Waals surface area contributed by atoms with Crippen molar-refractivity contribution in [3.05, 3.63) is 35.9 Å². The van der Waals surface area contributed by atoms with Crippen LogP contribution in [0.4, 0.5) is 4.79 Å². The van der Waals surface area contributed by atoms with Crippen molar-refractivity contribution in [3.63, 3.8) is 0 Å². The van der Waals surface area contributed by atoms with Gasteiger partial charge >= 0.3 is 6.09 Å². The van der Waals surface area contributed by atoms with E-state index in [1.807, 2.05) is 6.07 Å². The number of likely N-dealkylation sites (N-methyl/N-ethyl adjacent to an activating group) is 1. The van der Waals surface area contributed by atoms with Crippen molar-refractivity contribution in [2.75, 3.05) is 20.1 Å². The number of likely N-dealkylation sites (tertiary alicyclic amines) is 1. The van der Waals surface area contributed by atoms with Crippen LogP contribution in [0.25, 0.3) is 0 Å². The second-order valence-corrected chi connectivity index (χ2v) is 11.3. The van der Waals surface area contributed by atoms with E-state index in [4.69, 9.17) is 0 Å². The summed E-state index contributed by atoms with van der Waals surface area (Å²) in [6, 6.07) is 10.0. The Morgan fingerprint density at radius 3 is 2.50 bits per heavy atom. The lowest BCUT2D eigenvalue weighted by Gasteiger charge is -2.31. The molecule has 0 bridgehead atoms. The lowest BCUT2D eigenvalue weighted by Crippen LogP contribution is -2.52. The van der Waals surface area contributed by atoms with Gasteiger partial charge in [0.1, 0.15) is 6.04 Å². The number of fused-ring (bicyclic) bond motifs is 1. The van der Waals surface area contributed by atoms with Crippen LogP contribution in [0, 0.1) is 23.2 Å². The van der Waals surface area contributed by atoms with Crippen molar-refractivity contribution in [3.8, 4) is 0 Å². The van der Waals surface area contributed by atoms with E-state index in [1.54, 1.807) is 0 Å². The Morgan fingerprint density at radius 1 is 1.19 bits per heavy atom. The number of carbonyl (C=O) groups excluding carboxylic acids is 1. The fourth-order valence-electron chi connectivity index (χ4n) is 5.87. The third kappa shape index (κ3) is 6.47. The van der Waals surface area contributed by atoms with E-state index in [2.05, 4.69) is 62.2 Å². The van der Waals surface area contributed by atoms with Crippen LogP contribution in [-0.4, -0.2) is 59.1 Å². The molecule has 1 saturated carbocycles. The molecule has 2 fully saturated rings. The highest BCUT2D eigenvalue weighted by molar-refractivity contribution is 5.85. The minimum Gasteiger partial charge on any atom is -0.465 e. The van der Waals surface area contributed by atoms with Gasteiger partial charge in [0.25, 0.3) is 0 Å². The summed E-state index contributed by atoms with van der Waals surface area (Å²) in [7, 11) is 1.52. The van der Waals surface area contributed by atoms with E-state index >= 15 is 0 Å². The number of amides is 2. The zero-order chi connectivity index (χ0) is 23.5. The smallest absolute Gasteiger partial charge is 0.407 e. The highest BCUT2D eigenvalue weighted by atomic mass is 16.4. The van der Waals surface area contributed by atoms with Crippen molar-refractivity contribution in [2.24, 2.45) is 23.2 Å². The van der Waals surface area contributed by atoms with Crippen molar-refractivity contribution < 1.29 is 14.7 Å². The molecule has 2 amide bonds. The average Bonchev–Trinajstić information content (AvgIpc) is 3.26. The fraction of sp³-hybridized carbons (Fsp3) is 0.692. The summed E-state index contributed by atoms with van der Waals surface area (Å²) < 4.78 is 0. The molecule has 0 aromatic heterocycles. The maximum absolute atomic E-state index is 13.3. The van der Waals surface area contributed by atoms with Crippen LogP contribution in [0.1, 0.15) is 58.9 Å². The van der Waals surface area contributed by atoms with Gasteiger partial charge in [-0.15, -0.1) is 0 Å². The number of nitrogens with one attached hydrogen (secondary N) is 1. The number of hydrogen-bond acceptors (Lipinski definition) is 3. The molecule has 1 aromatic carbocycles. The molecular formula is C26H41N3O3. The first-order valence-corrected chi connectivity index (χ1v) is 12.1. The van der Waals surface area contributed by atoms with E-state index in [0.29, 0.717) is 18.3 Å². The standard InChI is InChI=1S/C26H41N3O3/c1-18(14-26(2,3)4)13-23(28(5)25(31)32)24(30)27-22-12-11-20-16-29(17-21(20)22)15-19-9-7-6-8-10-19/h6-10,18,20-23H,11-17H2,1-5H3,(H,27,30)(H,31,32)/t18-,20+,21-,22-,23?/m0/s1. The molecule has 2 N–H and O–H groups in total. The van der Waals surface area contributed by atoms with Crippen LogP contribution in [-0.2, 0) is 11.3 Å². The number of nitrogens with zero attached hydrogens (tertiary/aromatic N) is 2. The quantitative estimate of drug-likeness (QED) is 0.622. The number of carboxylic acid groups (broad SMARTS) is 1. The lowest BCUT2D eigenvalue weighted by molar-refractivity contribution is -0.127. The molecule has 1 unspecified atom stereocenters. The van der Waals surface area contributed by atoms with Gasteiger partial charge < -0.3 is 10.4 Å². The summed E-state index contributed by atoms with van der Waals surface area (Å²) in [5.74, 6) is 1.18. The SMILES string of the molecule is C[C@@H](CC(C(=O)N[C@H]1CC[C@@H]2CN(Cc3ccccc3)C[C@@H]21)N(C)C(=O)O)CC(C)(C)C. The molecule has 0 spiro atoms. The zero-order valence-corrected chi connectivity index (χ0v) is 20.4. The summed E-state index contributed by atoms with van der Waals surface area (Å²) in [4.78, 5) is 28.7. The van der Waals surface area contributed by atoms with Crippen LogP contribution in [0.5, 0.6) is 0 Å². The van der Waals surface area contributed by atoms with E-state index in [9.17, 15) is 14.7 Å². The first-order valence-electron chi connectivity index (χ1n) is 12.1. The number of rotatable bonds is 8. The molecule has 1 aromatic rings. The van der Waals surface area contributed by atoms with Crippen LogP contribution < -0.4 is 5.32 Å². The Hall–Kier alpha value is -2.08. The molecule has 1 saturated heterocycles. The van der Waals surface area contributed by atoms with Gasteiger partial charge in [0.15, 0.2) is 0 Å². The third-order valence-corrected chi connectivity index (χ3v) is 7.17. The second-order valence-electron chi connectivity index (χ2n) is 11.3. The lowest BCUT2D eigenvalue weighted by atomic mass is 9.82. The summed E-state index contributed by atoms with van der Waals surface area (Å²) in [6.45, 7) is 11.7. The minimum absolute atomic E-state index is 0.135. The molecule has 0 radical (unpaired) electrons. The second kappa shape index (κ2) is 10.2. The van der Waals surface area contributed by atoms with Gasteiger partial charge in [-0.2, -0.15) is 0 Å². The number of carbonyl (C=O) groups is 2. The summed E-state index contributed by atoms with van der Waals surface area (Å²) >= 11 is 0. The molecule has 1 aliphatic heterocycles. The highest BCUT2D eigenvalue weighted by Gasteiger charge is 2.44. The average molecular weight is 444 g/mol. The topological polar surface area (TPSA) is 72.9 Å². The van der Waals surface area contributed by atoms with Gasteiger partial charge in [0, 0.05) is 32.7 Å². The maximum Gasteiger partial charge on any atom is 0.407 e. The van der Waals surface area contributed by atoms with Gasteiger partial charge in [0.05, 0.1) is 0 Å². The van der Waals surface area contributed by atoms with Crippen LogP contribution in [0.2, 0.25) is 0 Å². The van der Waals surface area contributed by atoms with E-state index in [0.717, 1.165) is 38.9 Å². The molecule has 3 rings (SSSR count). The largest absolute Gasteiger partial charge is 0.465 e. The molecule has 1 heterocycles. The van der Waals surface area contributed by atoms with Crippen molar-refractivity contribution in [1.82, 2.24) is 15.1 Å². The molecule has 1 aliphatic carbocycles. The maximum atomic E-state index is 13.3. The van der Waals surface area contributed by atoms with Gasteiger partial charge in [0.2, 0.25) is 5.91 Å². The van der Waals surface area contributed by atoms with Crippen molar-refractivity contribution in [1.29, 1.82) is 0 Å². The Kier molecular flexibility index (Phi) is 7.86. The van der Waals surface area contributed by atoms with Crippen LogP contribution >= 0.6 is 0 Å². The molecular weight excluding hydrogens is 402 g/mol. The predicted octanol–water partition coefficient (Wildman–Crippen LogP) is 4.45. The Morgan fingerprint density at radius 2 is 1.88 bits per heavy atom. The van der Waals surface area contributed by atoms with E-state index in [1.165, 1.54) is 17.5 Å². The first-order chi connectivity index (χ1) is 15.0. The van der Waals surface area contributed by atoms with Crippen molar-refractivity contribution in [2.45, 2.75) is 72.0 Å². The molecule has 178 valence electrons. The van der Waals surface area contributed by atoms with Gasteiger partial charge in [-0.1, -0.05) is 58.0 Å². The summed E-state index contributed by atoms with van der Waals surface area (Å²) in [5, 5.41) is 12.8. The van der Waals surface area contributed by atoms with Crippen molar-refractivity contribution >= 4 is 12.0 Å². The number of benzene rings is 1. The molecule has 6 nitrogen and oxygen atoms in total. The van der Waals surface area contributed by atoms with Gasteiger partial charge in [-0.05, 0) is 54.4 Å². The Labute approximate surface area is 193 Å². The molecule has 5 atom stereocenters. The van der Waals surface area contributed by atoms with Crippen LogP contribution in [0.15, 0.2) is 30.3 Å². The molecule has 6 heteroatoms. The number of hydrogen-bond donors (Lipinski definition) is 2. The molecule has 32 heavy (non-hydrogen) atoms. The van der Waals surface area contributed by atoms with E-state index in [-0.39, 0.29) is 23.3 Å². The monoisotopic (exact) mass is 443 g/mol. The fourth-order valence-corrected chi connectivity index (χ4v) is 5.87. The van der Waals surface area contributed by atoms with E-state index < -0.39 is 12.1 Å². The highest BCUT2D eigenvalue weighted by Crippen LogP contribution is 2.39. The third-order valence-electron chi connectivity index (χ3n) is 7.17. The Balaban J connectivity index is 1.61. The molecule has 2 aliphatic rings. The normalized spacial score (nSPS) is 25.2.